The van der Waals surface area contributed by atoms with Crippen LogP contribution in [-0.2, 0) is 14.8 Å². The van der Waals surface area contributed by atoms with Gasteiger partial charge in [0.1, 0.15) is 11.5 Å². The number of hydrogen-bond acceptors (Lipinski definition) is 8. The fourth-order valence-electron chi connectivity index (χ4n) is 5.56. The van der Waals surface area contributed by atoms with Gasteiger partial charge >= 0.3 is 5.63 Å². The average Bonchev–Trinajstić information content (AvgIpc) is 3.75. The van der Waals surface area contributed by atoms with E-state index in [1.807, 2.05) is 6.07 Å². The van der Waals surface area contributed by atoms with Crippen LogP contribution in [0.2, 0.25) is 0 Å². The largest absolute Gasteiger partial charge is 0.507 e. The van der Waals surface area contributed by atoms with Gasteiger partial charge in [0.2, 0.25) is 5.03 Å². The molecular formula is C29H34N2O7S. The molecule has 0 amide bonds. The molecule has 2 aromatic heterocycles. The van der Waals surface area contributed by atoms with Crippen molar-refractivity contribution in [3.8, 4) is 11.5 Å². The summed E-state index contributed by atoms with van der Waals surface area (Å²) in [6.07, 6.45) is 6.67. The molecule has 1 saturated heterocycles. The Kier molecular flexibility index (Phi) is 7.95. The first-order valence-electron chi connectivity index (χ1n) is 13.5. The number of ether oxygens (including phenoxy) is 1. The standard InChI is InChI=1S/C29H34N2O7S/c1-2-19(15-18-10-13-37-14-11-18)25-17-24(33)27(29(34)38-25)26(20-8-9-20)21-5-3-6-22(16-21)31-39(35,36)28-23(32)7-4-12-30-28/h3-7,12,16-20,26,31-33H,2,8-11,13-15H2,1H3. The molecule has 9 nitrogen and oxygen atoms in total. The average molecular weight is 555 g/mol. The molecule has 1 saturated carbocycles. The van der Waals surface area contributed by atoms with E-state index >= 15 is 0 Å². The molecule has 1 aliphatic carbocycles. The summed E-state index contributed by atoms with van der Waals surface area (Å²) < 4.78 is 39.5. The highest BCUT2D eigenvalue weighted by Crippen LogP contribution is 2.48. The van der Waals surface area contributed by atoms with Crippen molar-refractivity contribution in [2.75, 3.05) is 17.9 Å². The molecule has 1 aliphatic heterocycles. The number of hydrogen-bond donors (Lipinski definition) is 3. The normalized spacial score (nSPS) is 18.0. The summed E-state index contributed by atoms with van der Waals surface area (Å²) in [7, 11) is -4.15. The zero-order chi connectivity index (χ0) is 27.6. The highest BCUT2D eigenvalue weighted by Gasteiger charge is 2.38. The van der Waals surface area contributed by atoms with Crippen LogP contribution < -0.4 is 10.3 Å². The summed E-state index contributed by atoms with van der Waals surface area (Å²) in [4.78, 5) is 17.1. The first-order chi connectivity index (χ1) is 18.8. The number of anilines is 1. The second kappa shape index (κ2) is 11.4. The summed E-state index contributed by atoms with van der Waals surface area (Å²) in [5.74, 6) is 0.158. The third kappa shape index (κ3) is 6.12. The van der Waals surface area contributed by atoms with E-state index in [-0.39, 0.29) is 28.8 Å². The summed E-state index contributed by atoms with van der Waals surface area (Å²) in [5.41, 5.74) is 0.583. The van der Waals surface area contributed by atoms with Gasteiger partial charge in [0, 0.05) is 43.0 Å². The van der Waals surface area contributed by atoms with E-state index in [1.54, 1.807) is 24.3 Å². The lowest BCUT2D eigenvalue weighted by Crippen LogP contribution is -2.20. The van der Waals surface area contributed by atoms with E-state index in [4.69, 9.17) is 9.15 Å². The minimum absolute atomic E-state index is 0.0286. The lowest BCUT2D eigenvalue weighted by atomic mass is 9.84. The van der Waals surface area contributed by atoms with Crippen molar-refractivity contribution >= 4 is 15.7 Å². The maximum Gasteiger partial charge on any atom is 0.343 e. The van der Waals surface area contributed by atoms with Crippen molar-refractivity contribution in [1.29, 1.82) is 0 Å². The monoisotopic (exact) mass is 554 g/mol. The van der Waals surface area contributed by atoms with Crippen LogP contribution in [0.4, 0.5) is 5.69 Å². The molecular weight excluding hydrogens is 520 g/mol. The Balaban J connectivity index is 1.43. The van der Waals surface area contributed by atoms with Crippen molar-refractivity contribution in [2.45, 2.75) is 62.3 Å². The molecule has 3 aromatic rings. The number of rotatable bonds is 10. The highest BCUT2D eigenvalue weighted by molar-refractivity contribution is 7.92. The predicted molar refractivity (Wildman–Crippen MR) is 146 cm³/mol. The first kappa shape index (κ1) is 27.2. The van der Waals surface area contributed by atoms with Crippen LogP contribution in [0.3, 0.4) is 0 Å². The topological polar surface area (TPSA) is 139 Å². The summed E-state index contributed by atoms with van der Waals surface area (Å²) in [5, 5.41) is 20.6. The lowest BCUT2D eigenvalue weighted by Gasteiger charge is -2.26. The molecule has 10 heteroatoms. The van der Waals surface area contributed by atoms with Gasteiger partial charge in [-0.3, -0.25) is 4.72 Å². The fraction of sp³-hybridized carbons (Fsp3) is 0.448. The molecule has 208 valence electrons. The zero-order valence-corrected chi connectivity index (χ0v) is 22.7. The minimum atomic E-state index is -4.15. The maximum absolute atomic E-state index is 13.4. The number of pyridine rings is 1. The van der Waals surface area contributed by atoms with Crippen molar-refractivity contribution in [2.24, 2.45) is 11.8 Å². The van der Waals surface area contributed by atoms with Gasteiger partial charge in [-0.2, -0.15) is 8.42 Å². The molecule has 39 heavy (non-hydrogen) atoms. The van der Waals surface area contributed by atoms with Gasteiger partial charge in [-0.05, 0) is 80.2 Å². The smallest absolute Gasteiger partial charge is 0.343 e. The van der Waals surface area contributed by atoms with E-state index in [9.17, 15) is 23.4 Å². The van der Waals surface area contributed by atoms with Gasteiger partial charge in [0.15, 0.2) is 5.75 Å². The second-order valence-electron chi connectivity index (χ2n) is 10.5. The van der Waals surface area contributed by atoms with Gasteiger partial charge in [-0.1, -0.05) is 19.1 Å². The summed E-state index contributed by atoms with van der Waals surface area (Å²) in [6.45, 7) is 3.55. The molecule has 2 fully saturated rings. The van der Waals surface area contributed by atoms with Crippen LogP contribution in [0, 0.1) is 11.8 Å². The molecule has 5 rings (SSSR count). The van der Waals surface area contributed by atoms with Crippen molar-refractivity contribution in [1.82, 2.24) is 4.98 Å². The van der Waals surface area contributed by atoms with Crippen molar-refractivity contribution in [3.05, 3.63) is 76.0 Å². The van der Waals surface area contributed by atoms with Gasteiger partial charge in [0.25, 0.3) is 10.0 Å². The van der Waals surface area contributed by atoms with Gasteiger partial charge in [0.05, 0.1) is 5.56 Å². The molecule has 2 unspecified atom stereocenters. The Hall–Kier alpha value is -3.37. The number of benzene rings is 1. The van der Waals surface area contributed by atoms with Crippen molar-refractivity contribution < 1.29 is 27.8 Å². The number of nitrogens with one attached hydrogen (secondary N) is 1. The summed E-state index contributed by atoms with van der Waals surface area (Å²) in [6, 6.07) is 11.0. The van der Waals surface area contributed by atoms with Crippen LogP contribution in [0.25, 0.3) is 0 Å². The molecule has 1 aromatic carbocycles. The van der Waals surface area contributed by atoms with E-state index in [0.717, 1.165) is 51.7 Å². The summed E-state index contributed by atoms with van der Waals surface area (Å²) >= 11 is 0. The Bertz CT molecular complexity index is 1480. The second-order valence-corrected chi connectivity index (χ2v) is 12.1. The van der Waals surface area contributed by atoms with Crippen LogP contribution in [0.1, 0.15) is 74.2 Å². The molecule has 0 spiro atoms. The van der Waals surface area contributed by atoms with E-state index in [2.05, 4.69) is 16.6 Å². The predicted octanol–water partition coefficient (Wildman–Crippen LogP) is 5.10. The zero-order valence-electron chi connectivity index (χ0n) is 21.9. The third-order valence-corrected chi connectivity index (χ3v) is 9.08. The van der Waals surface area contributed by atoms with Gasteiger partial charge in [-0.15, -0.1) is 0 Å². The lowest BCUT2D eigenvalue weighted by molar-refractivity contribution is 0.0606. The van der Waals surface area contributed by atoms with Crippen LogP contribution in [0.15, 0.2) is 62.9 Å². The number of aromatic hydroxyl groups is 2. The molecule has 3 N–H and O–H groups in total. The molecule has 0 radical (unpaired) electrons. The SMILES string of the molecule is CCC(CC1CCOCC1)c1cc(O)c(C(c2cccc(NS(=O)(=O)c3ncccc3O)c2)C2CC2)c(=O)o1. The quantitative estimate of drug-likeness (QED) is 0.315. The van der Waals surface area contributed by atoms with Gasteiger partial charge < -0.3 is 19.4 Å². The Morgan fingerprint density at radius 1 is 1.05 bits per heavy atom. The molecule has 0 bridgehead atoms. The fourth-order valence-corrected chi connectivity index (χ4v) is 6.63. The Labute approximate surface area is 227 Å². The van der Waals surface area contributed by atoms with E-state index in [0.29, 0.717) is 17.2 Å². The first-order valence-corrected chi connectivity index (χ1v) is 15.0. The van der Waals surface area contributed by atoms with Crippen LogP contribution in [-0.4, -0.2) is 36.8 Å². The van der Waals surface area contributed by atoms with Crippen molar-refractivity contribution in [3.63, 3.8) is 0 Å². The maximum atomic E-state index is 13.4. The molecule has 2 atom stereocenters. The van der Waals surface area contributed by atoms with E-state index < -0.39 is 32.3 Å². The van der Waals surface area contributed by atoms with E-state index in [1.165, 1.54) is 18.3 Å². The molecule has 2 aliphatic rings. The number of aromatic nitrogens is 1. The third-order valence-electron chi connectivity index (χ3n) is 7.75. The highest BCUT2D eigenvalue weighted by atomic mass is 32.2. The van der Waals surface area contributed by atoms with Crippen LogP contribution >= 0.6 is 0 Å². The minimum Gasteiger partial charge on any atom is -0.507 e. The Morgan fingerprint density at radius 2 is 1.82 bits per heavy atom. The molecule has 3 heterocycles. The van der Waals surface area contributed by atoms with Crippen LogP contribution in [0.5, 0.6) is 11.5 Å². The van der Waals surface area contributed by atoms with Gasteiger partial charge in [-0.25, -0.2) is 9.78 Å². The number of sulfonamides is 1. The Morgan fingerprint density at radius 3 is 2.49 bits per heavy atom. The number of nitrogens with zero attached hydrogens (tertiary/aromatic N) is 1.